The molecule has 7 nitrogen and oxygen atoms in total. The molecule has 158 valence electrons. The first-order chi connectivity index (χ1) is 13.9. The molecule has 1 amide bonds. The zero-order chi connectivity index (χ0) is 20.9. The molecule has 2 heterocycles. The molecule has 9 heteroatoms. The van der Waals surface area contributed by atoms with Crippen molar-refractivity contribution in [2.45, 2.75) is 13.3 Å². The number of benzene rings is 1. The van der Waals surface area contributed by atoms with Gasteiger partial charge in [0, 0.05) is 44.4 Å². The zero-order valence-electron chi connectivity index (χ0n) is 16.8. The minimum Gasteiger partial charge on any atom is -0.493 e. The van der Waals surface area contributed by atoms with E-state index in [4.69, 9.17) is 4.74 Å². The lowest BCUT2D eigenvalue weighted by molar-refractivity contribution is -0.132. The summed E-state index contributed by atoms with van der Waals surface area (Å²) >= 11 is 1.51. The average Bonchev–Trinajstić information content (AvgIpc) is 3.15. The number of ether oxygens (including phenoxy) is 1. The maximum atomic E-state index is 12.7. The van der Waals surface area contributed by atoms with Crippen molar-refractivity contribution in [3.63, 3.8) is 0 Å². The van der Waals surface area contributed by atoms with Gasteiger partial charge in [0.05, 0.1) is 30.0 Å². The number of para-hydroxylation sites is 1. The Hall–Kier alpha value is -1.97. The summed E-state index contributed by atoms with van der Waals surface area (Å²) in [6.45, 7) is 5.69. The minimum atomic E-state index is -2.96. The lowest BCUT2D eigenvalue weighted by Crippen LogP contribution is -2.50. The van der Waals surface area contributed by atoms with E-state index in [1.165, 1.54) is 17.6 Å². The standard InChI is InChI=1S/C20H27N3O4S2/c1-3-27-18-7-5-4-6-17(18)20-21-16(15-28-20)14-19(24)23-10-8-22(9-11-23)12-13-29(2,25)26/h4-7,15H,3,8-14H2,1-2H3. The number of carbonyl (C=O) groups excluding carboxylic acids is 1. The highest BCUT2D eigenvalue weighted by Gasteiger charge is 2.22. The largest absolute Gasteiger partial charge is 0.493 e. The van der Waals surface area contributed by atoms with Crippen molar-refractivity contribution in [2.24, 2.45) is 0 Å². The van der Waals surface area contributed by atoms with E-state index in [0.717, 1.165) is 22.0 Å². The first-order valence-electron chi connectivity index (χ1n) is 9.70. The second kappa shape index (κ2) is 9.69. The molecule has 3 rings (SSSR count). The van der Waals surface area contributed by atoms with E-state index in [2.05, 4.69) is 9.88 Å². The van der Waals surface area contributed by atoms with Crippen LogP contribution in [0.2, 0.25) is 0 Å². The van der Waals surface area contributed by atoms with E-state index >= 15 is 0 Å². The first kappa shape index (κ1) is 21.7. The third-order valence-corrected chi connectivity index (χ3v) is 6.65. The third kappa shape index (κ3) is 6.25. The summed E-state index contributed by atoms with van der Waals surface area (Å²) in [5.41, 5.74) is 1.71. The van der Waals surface area contributed by atoms with Crippen LogP contribution < -0.4 is 4.74 Å². The molecule has 0 N–H and O–H groups in total. The van der Waals surface area contributed by atoms with Crippen LogP contribution in [0.25, 0.3) is 10.6 Å². The van der Waals surface area contributed by atoms with Crippen molar-refractivity contribution in [1.82, 2.24) is 14.8 Å². The van der Waals surface area contributed by atoms with Gasteiger partial charge >= 0.3 is 0 Å². The second-order valence-corrected chi connectivity index (χ2v) is 10.2. The summed E-state index contributed by atoms with van der Waals surface area (Å²) in [5.74, 6) is 1.02. The number of nitrogens with zero attached hydrogens (tertiary/aromatic N) is 3. The van der Waals surface area contributed by atoms with Crippen LogP contribution in [0.4, 0.5) is 0 Å². The van der Waals surface area contributed by atoms with Crippen LogP contribution in [0.15, 0.2) is 29.6 Å². The number of hydrogen-bond acceptors (Lipinski definition) is 7. The summed E-state index contributed by atoms with van der Waals surface area (Å²) < 4.78 is 28.3. The molecule has 0 bridgehead atoms. The molecular weight excluding hydrogens is 410 g/mol. The van der Waals surface area contributed by atoms with Gasteiger partial charge in [0.15, 0.2) is 0 Å². The molecule has 0 unspecified atom stereocenters. The van der Waals surface area contributed by atoms with Gasteiger partial charge in [-0.2, -0.15) is 0 Å². The van der Waals surface area contributed by atoms with E-state index in [9.17, 15) is 13.2 Å². The third-order valence-electron chi connectivity index (χ3n) is 4.80. The van der Waals surface area contributed by atoms with Gasteiger partial charge in [-0.1, -0.05) is 12.1 Å². The van der Waals surface area contributed by atoms with Crippen LogP contribution in [-0.2, 0) is 21.1 Å². The molecular formula is C20H27N3O4S2. The molecule has 1 aromatic heterocycles. The minimum absolute atomic E-state index is 0.0581. The highest BCUT2D eigenvalue weighted by molar-refractivity contribution is 7.90. The van der Waals surface area contributed by atoms with Crippen molar-refractivity contribution in [3.8, 4) is 16.3 Å². The maximum Gasteiger partial charge on any atom is 0.228 e. The number of aromatic nitrogens is 1. The van der Waals surface area contributed by atoms with Crippen LogP contribution in [-0.4, -0.2) is 80.4 Å². The van der Waals surface area contributed by atoms with Crippen LogP contribution >= 0.6 is 11.3 Å². The smallest absolute Gasteiger partial charge is 0.228 e. The monoisotopic (exact) mass is 437 g/mol. The van der Waals surface area contributed by atoms with Gasteiger partial charge in [0.1, 0.15) is 20.6 Å². The fraction of sp³-hybridized carbons (Fsp3) is 0.500. The summed E-state index contributed by atoms with van der Waals surface area (Å²) in [6.07, 6.45) is 1.53. The van der Waals surface area contributed by atoms with E-state index < -0.39 is 9.84 Å². The van der Waals surface area contributed by atoms with Crippen LogP contribution in [0, 0.1) is 0 Å². The number of sulfone groups is 1. The number of amides is 1. The Bertz CT molecular complexity index is 935. The second-order valence-electron chi connectivity index (χ2n) is 7.10. The average molecular weight is 438 g/mol. The molecule has 1 fully saturated rings. The Labute approximate surface area is 176 Å². The molecule has 0 aliphatic carbocycles. The van der Waals surface area contributed by atoms with Crippen LogP contribution in [0.5, 0.6) is 5.75 Å². The molecule has 29 heavy (non-hydrogen) atoms. The molecule has 1 aliphatic heterocycles. The molecule has 2 aromatic rings. The van der Waals surface area contributed by atoms with E-state index in [0.29, 0.717) is 39.3 Å². The van der Waals surface area contributed by atoms with Gasteiger partial charge in [-0.15, -0.1) is 11.3 Å². The molecule has 1 saturated heterocycles. The zero-order valence-corrected chi connectivity index (χ0v) is 18.5. The molecule has 0 atom stereocenters. The van der Waals surface area contributed by atoms with E-state index in [1.807, 2.05) is 41.5 Å². The first-order valence-corrected chi connectivity index (χ1v) is 12.6. The van der Waals surface area contributed by atoms with E-state index in [1.54, 1.807) is 0 Å². The number of hydrogen-bond donors (Lipinski definition) is 0. The number of rotatable bonds is 8. The van der Waals surface area contributed by atoms with Crippen molar-refractivity contribution in [2.75, 3.05) is 51.3 Å². The van der Waals surface area contributed by atoms with Crippen molar-refractivity contribution >= 4 is 27.1 Å². The maximum absolute atomic E-state index is 12.7. The lowest BCUT2D eigenvalue weighted by atomic mass is 10.2. The van der Waals surface area contributed by atoms with Gasteiger partial charge in [-0.25, -0.2) is 13.4 Å². The van der Waals surface area contributed by atoms with E-state index in [-0.39, 0.29) is 18.1 Å². The summed E-state index contributed by atoms with van der Waals surface area (Å²) in [6, 6.07) is 7.79. The highest BCUT2D eigenvalue weighted by atomic mass is 32.2. The molecule has 0 spiro atoms. The van der Waals surface area contributed by atoms with Crippen molar-refractivity contribution in [3.05, 3.63) is 35.3 Å². The van der Waals surface area contributed by atoms with Gasteiger partial charge in [-0.05, 0) is 19.1 Å². The molecule has 0 radical (unpaired) electrons. The quantitative estimate of drug-likeness (QED) is 0.628. The normalized spacial score (nSPS) is 15.4. The lowest BCUT2D eigenvalue weighted by Gasteiger charge is -2.34. The SMILES string of the molecule is CCOc1ccccc1-c1nc(CC(=O)N2CCN(CCS(C)(=O)=O)CC2)cs1. The highest BCUT2D eigenvalue weighted by Crippen LogP contribution is 2.32. The Morgan fingerprint density at radius 1 is 1.21 bits per heavy atom. The Balaban J connectivity index is 1.55. The van der Waals surface area contributed by atoms with Gasteiger partial charge in [-0.3, -0.25) is 9.69 Å². The fourth-order valence-electron chi connectivity index (χ4n) is 3.22. The fourth-order valence-corrected chi connectivity index (χ4v) is 4.66. The number of piperazine rings is 1. The van der Waals surface area contributed by atoms with Gasteiger partial charge < -0.3 is 9.64 Å². The summed E-state index contributed by atoms with van der Waals surface area (Å²) in [7, 11) is -2.96. The molecule has 0 saturated carbocycles. The van der Waals surface area contributed by atoms with Gasteiger partial charge in [0.2, 0.25) is 5.91 Å². The van der Waals surface area contributed by atoms with Gasteiger partial charge in [0.25, 0.3) is 0 Å². The Kier molecular flexibility index (Phi) is 7.26. The van der Waals surface area contributed by atoms with Crippen LogP contribution in [0.3, 0.4) is 0 Å². The summed E-state index contributed by atoms with van der Waals surface area (Å²) in [5, 5.41) is 2.78. The Morgan fingerprint density at radius 2 is 1.93 bits per heavy atom. The Morgan fingerprint density at radius 3 is 2.62 bits per heavy atom. The number of thiazole rings is 1. The summed E-state index contributed by atoms with van der Waals surface area (Å²) in [4.78, 5) is 21.2. The predicted molar refractivity (Wildman–Crippen MR) is 115 cm³/mol. The van der Waals surface area contributed by atoms with Crippen LogP contribution in [0.1, 0.15) is 12.6 Å². The predicted octanol–water partition coefficient (Wildman–Crippen LogP) is 1.94. The van der Waals surface area contributed by atoms with Crippen molar-refractivity contribution < 1.29 is 17.9 Å². The topological polar surface area (TPSA) is 79.8 Å². The number of carbonyl (C=O) groups is 1. The molecule has 1 aliphatic rings. The van der Waals surface area contributed by atoms with Crippen molar-refractivity contribution in [1.29, 1.82) is 0 Å². The molecule has 1 aromatic carbocycles.